The van der Waals surface area contributed by atoms with Gasteiger partial charge in [-0.15, -0.1) is 10.2 Å². The Hall–Kier alpha value is -6.67. The average Bonchev–Trinajstić information content (AvgIpc) is 3.92. The lowest BCUT2D eigenvalue weighted by Gasteiger charge is -2.25. The van der Waals surface area contributed by atoms with Gasteiger partial charge in [0.2, 0.25) is 15.8 Å². The van der Waals surface area contributed by atoms with Crippen LogP contribution in [0.5, 0.6) is 17.2 Å². The molecule has 63 heavy (non-hydrogen) atoms. The summed E-state index contributed by atoms with van der Waals surface area (Å²) >= 11 is -2.83. The number of nitrogens with zero attached hydrogens (tertiary/aromatic N) is 6. The number of alkyl carbamates (subject to hydrolysis) is 1. The van der Waals surface area contributed by atoms with Gasteiger partial charge in [-0.1, -0.05) is 54.6 Å². The topological polar surface area (TPSA) is 213 Å². The van der Waals surface area contributed by atoms with E-state index in [0.717, 1.165) is 5.56 Å². The zero-order valence-corrected chi connectivity index (χ0v) is 37.0. The van der Waals surface area contributed by atoms with E-state index in [-0.39, 0.29) is 43.1 Å². The van der Waals surface area contributed by atoms with E-state index in [0.29, 0.717) is 50.8 Å². The van der Waals surface area contributed by atoms with Crippen LogP contribution in [0.4, 0.5) is 4.79 Å². The molecule has 0 saturated carbocycles. The van der Waals surface area contributed by atoms with Crippen LogP contribution in [0.15, 0.2) is 113 Å². The van der Waals surface area contributed by atoms with Gasteiger partial charge >= 0.3 is 6.09 Å². The number of nitrogens with one attached hydrogen (secondary N) is 2. The number of hydrogen-bond donors (Lipinski definition) is 3. The molecule has 3 N–H and O–H groups in total. The summed E-state index contributed by atoms with van der Waals surface area (Å²) in [5.41, 5.74) is 2.96. The third-order valence-corrected chi connectivity index (χ3v) is 12.5. The zero-order valence-electron chi connectivity index (χ0n) is 35.4. The number of ether oxygens (including phenoxy) is 4. The number of tetrazole rings is 1. The molecule has 7 rings (SSSR count). The number of carbonyl (C=O) groups excluding carboxylic acids is 1. The first-order valence-electron chi connectivity index (χ1n) is 19.6. The van der Waals surface area contributed by atoms with Crippen LogP contribution >= 0.6 is 0 Å². The lowest BCUT2D eigenvalue weighted by atomic mass is 9.98. The number of rotatable bonds is 16. The molecule has 0 aliphatic rings. The van der Waals surface area contributed by atoms with Crippen molar-refractivity contribution in [3.05, 3.63) is 126 Å². The normalized spacial score (nSPS) is 12.3. The van der Waals surface area contributed by atoms with Crippen LogP contribution in [-0.2, 0) is 52.0 Å². The minimum Gasteiger partial charge on any atom is -0.497 e. The van der Waals surface area contributed by atoms with Crippen LogP contribution in [0.25, 0.3) is 33.5 Å². The number of para-hydroxylation sites is 1. The van der Waals surface area contributed by atoms with Crippen LogP contribution in [0.2, 0.25) is 0 Å². The van der Waals surface area contributed by atoms with Gasteiger partial charge in [-0.05, 0) is 96.8 Å². The molecule has 0 radical (unpaired) electrons. The summed E-state index contributed by atoms with van der Waals surface area (Å²) in [6.45, 7) is 5.14. The number of sulfonamides is 1. The van der Waals surface area contributed by atoms with Gasteiger partial charge in [-0.2, -0.15) is 9.10 Å². The Morgan fingerprint density at radius 1 is 0.810 bits per heavy atom. The number of benzene rings is 5. The van der Waals surface area contributed by atoms with E-state index in [2.05, 4.69) is 20.6 Å². The zero-order chi connectivity index (χ0) is 44.9. The maximum atomic E-state index is 15.6. The van der Waals surface area contributed by atoms with Gasteiger partial charge in [0.1, 0.15) is 33.6 Å². The molecule has 19 heteroatoms. The largest absolute Gasteiger partial charge is 0.497 e. The highest BCUT2D eigenvalue weighted by atomic mass is 32.2. The summed E-state index contributed by atoms with van der Waals surface area (Å²) < 4.78 is 78.1. The van der Waals surface area contributed by atoms with Crippen molar-refractivity contribution in [3.63, 3.8) is 0 Å². The van der Waals surface area contributed by atoms with E-state index in [1.807, 2.05) is 12.1 Å². The molecular weight excluding hydrogens is 849 g/mol. The number of aromatic amines is 1. The van der Waals surface area contributed by atoms with Gasteiger partial charge in [-0.3, -0.25) is 0 Å². The predicted octanol–water partition coefficient (Wildman–Crippen LogP) is 6.95. The van der Waals surface area contributed by atoms with Crippen LogP contribution in [0.1, 0.15) is 43.3 Å². The number of aromatic nitrogens is 6. The fourth-order valence-corrected chi connectivity index (χ4v) is 9.44. The van der Waals surface area contributed by atoms with Crippen molar-refractivity contribution < 1.29 is 40.9 Å². The van der Waals surface area contributed by atoms with Crippen molar-refractivity contribution >= 4 is 38.2 Å². The van der Waals surface area contributed by atoms with Crippen molar-refractivity contribution in [1.82, 2.24) is 39.8 Å². The molecule has 17 nitrogen and oxygen atoms in total. The van der Waals surface area contributed by atoms with Crippen molar-refractivity contribution in [2.75, 3.05) is 21.3 Å². The quantitative estimate of drug-likeness (QED) is 0.0839. The molecular formula is C44H46N8O9S2. The van der Waals surface area contributed by atoms with Gasteiger partial charge < -0.3 is 33.8 Å². The maximum Gasteiger partial charge on any atom is 0.408 e. The SMILES string of the molecule is COc1ccc(CN(Cc2ccc(OC)cc2)S(=O)(=O)c2c(S(=O)O)ccc(-c3cccc4[nH]c(CNC(=O)OC(C)(C)C)nc34)c2-c2nnn(Cc3ccc(OC)cc3)n2)cc1. The molecule has 5 aromatic carbocycles. The minimum absolute atomic E-state index is 0.00905. The lowest BCUT2D eigenvalue weighted by Crippen LogP contribution is -2.32. The highest BCUT2D eigenvalue weighted by molar-refractivity contribution is 7.90. The van der Waals surface area contributed by atoms with Gasteiger partial charge in [0.05, 0.1) is 55.9 Å². The number of H-pyrrole nitrogens is 1. The van der Waals surface area contributed by atoms with Gasteiger partial charge in [0, 0.05) is 18.7 Å². The number of hydrogen-bond acceptors (Lipinski definition) is 12. The molecule has 328 valence electrons. The van der Waals surface area contributed by atoms with Crippen molar-refractivity contribution in [2.45, 2.75) is 62.3 Å². The minimum atomic E-state index is -4.76. The molecule has 7 aromatic rings. The Labute approximate surface area is 366 Å². The van der Waals surface area contributed by atoms with E-state index in [1.54, 1.807) is 113 Å². The molecule has 1 unspecified atom stereocenters. The van der Waals surface area contributed by atoms with Crippen LogP contribution in [-0.4, -0.2) is 84.7 Å². The van der Waals surface area contributed by atoms with E-state index in [1.165, 1.54) is 29.4 Å². The molecule has 2 heterocycles. The first-order chi connectivity index (χ1) is 30.1. The average molecular weight is 895 g/mol. The second kappa shape index (κ2) is 18.7. The predicted molar refractivity (Wildman–Crippen MR) is 235 cm³/mol. The van der Waals surface area contributed by atoms with E-state index >= 15 is 8.42 Å². The molecule has 0 bridgehead atoms. The number of amides is 1. The van der Waals surface area contributed by atoms with Gasteiger partial charge in [0.25, 0.3) is 0 Å². The Morgan fingerprint density at radius 3 is 1.92 bits per heavy atom. The highest BCUT2D eigenvalue weighted by Crippen LogP contribution is 2.42. The van der Waals surface area contributed by atoms with Gasteiger partial charge in [-0.25, -0.2) is 22.4 Å². The Morgan fingerprint density at radius 2 is 1.38 bits per heavy atom. The number of carbonyl (C=O) groups is 1. The Bertz CT molecular complexity index is 2810. The molecule has 1 amide bonds. The molecule has 0 fully saturated rings. The third-order valence-electron chi connectivity index (χ3n) is 9.75. The Kier molecular flexibility index (Phi) is 13.2. The molecule has 0 aliphatic carbocycles. The molecule has 0 saturated heterocycles. The summed E-state index contributed by atoms with van der Waals surface area (Å²) in [5, 5.41) is 16.1. The van der Waals surface area contributed by atoms with Crippen LogP contribution < -0.4 is 19.5 Å². The van der Waals surface area contributed by atoms with E-state index in [4.69, 9.17) is 29.0 Å². The summed E-state index contributed by atoms with van der Waals surface area (Å²) in [6, 6.07) is 29.3. The van der Waals surface area contributed by atoms with Gasteiger partial charge in [0.15, 0.2) is 11.1 Å². The smallest absolute Gasteiger partial charge is 0.408 e. The monoisotopic (exact) mass is 894 g/mol. The summed E-state index contributed by atoms with van der Waals surface area (Å²) in [4.78, 5) is 21.0. The Balaban J connectivity index is 1.42. The maximum absolute atomic E-state index is 15.6. The third kappa shape index (κ3) is 10.3. The van der Waals surface area contributed by atoms with Crippen molar-refractivity contribution in [2.24, 2.45) is 0 Å². The van der Waals surface area contributed by atoms with Crippen molar-refractivity contribution in [1.29, 1.82) is 0 Å². The molecule has 0 spiro atoms. The first-order valence-corrected chi connectivity index (χ1v) is 22.1. The molecule has 1 atom stereocenters. The summed E-state index contributed by atoms with van der Waals surface area (Å²) in [7, 11) is -0.119. The number of imidazole rings is 1. The number of methoxy groups -OCH3 is 3. The first kappa shape index (κ1) is 44.4. The second-order valence-corrected chi connectivity index (χ2v) is 18.1. The molecule has 2 aromatic heterocycles. The summed E-state index contributed by atoms with van der Waals surface area (Å²) in [5.74, 6) is 2.08. The second-order valence-electron chi connectivity index (χ2n) is 15.3. The molecule has 0 aliphatic heterocycles. The van der Waals surface area contributed by atoms with Crippen molar-refractivity contribution in [3.8, 4) is 39.8 Å². The number of fused-ring (bicyclic) bond motifs is 1. The lowest BCUT2D eigenvalue weighted by molar-refractivity contribution is 0.0522. The summed E-state index contributed by atoms with van der Waals surface area (Å²) in [6.07, 6.45) is -0.634. The van der Waals surface area contributed by atoms with E-state index in [9.17, 15) is 13.6 Å². The standard InChI is InChI=1S/C44H46N8O9S2/c1-44(2,3)61-43(53)45-24-38-46-36-9-7-8-35(40(36)47-38)34-22-23-37(62(54)55)41(39(34)42-48-50-52(49-42)27-30-14-20-33(60-6)21-15-30)63(56,57)51(25-28-10-16-31(58-4)17-11-28)26-29-12-18-32(59-5)19-13-29/h7-23H,24-27H2,1-6H3,(H,45,53)(H,46,47)(H,54,55). The van der Waals surface area contributed by atoms with Crippen LogP contribution in [0, 0.1) is 0 Å². The van der Waals surface area contributed by atoms with Crippen LogP contribution in [0.3, 0.4) is 0 Å². The highest BCUT2D eigenvalue weighted by Gasteiger charge is 2.36. The fraction of sp³-hybridized carbons (Fsp3) is 0.250. The van der Waals surface area contributed by atoms with E-state index < -0.39 is 42.6 Å². The fourth-order valence-electron chi connectivity index (χ4n) is 6.79.